The van der Waals surface area contributed by atoms with Crippen LogP contribution in [0, 0.1) is 0 Å². The van der Waals surface area contributed by atoms with Crippen molar-refractivity contribution in [1.82, 2.24) is 0 Å². The van der Waals surface area contributed by atoms with E-state index in [4.69, 9.17) is 51.8 Å². The van der Waals surface area contributed by atoms with E-state index in [1.54, 1.807) is 0 Å². The summed E-state index contributed by atoms with van der Waals surface area (Å²) < 4.78 is 60.7. The molecule has 0 bridgehead atoms. The number of fused-ring (bicyclic) bond motifs is 1. The van der Waals surface area contributed by atoms with Crippen molar-refractivity contribution in [2.75, 3.05) is 6.61 Å². The van der Waals surface area contributed by atoms with Crippen molar-refractivity contribution in [3.8, 4) is 40.1 Å². The van der Waals surface area contributed by atoms with Crippen LogP contribution in [0.4, 0.5) is 0 Å². The van der Waals surface area contributed by atoms with E-state index >= 15 is 0 Å². The molecule has 2 heterocycles. The molecule has 0 N–H and O–H groups in total. The molecule has 1 saturated heterocycles. The van der Waals surface area contributed by atoms with Crippen LogP contribution in [0.3, 0.4) is 0 Å². The van der Waals surface area contributed by atoms with Gasteiger partial charge in [0, 0.05) is 73.1 Å². The van der Waals surface area contributed by atoms with Gasteiger partial charge in [-0.05, 0) is 18.2 Å². The highest BCUT2D eigenvalue weighted by Crippen LogP contribution is 2.41. The Labute approximate surface area is 322 Å². The largest absolute Gasteiger partial charge is 0.463 e. The third kappa shape index (κ3) is 11.1. The minimum Gasteiger partial charge on any atom is -0.463 e. The van der Waals surface area contributed by atoms with Crippen LogP contribution in [0.2, 0.25) is 0 Å². The third-order valence-electron chi connectivity index (χ3n) is 7.30. The lowest BCUT2D eigenvalue weighted by Gasteiger charge is -2.43. The van der Waals surface area contributed by atoms with Crippen molar-refractivity contribution in [2.45, 2.75) is 86.1 Å². The summed E-state index contributed by atoms with van der Waals surface area (Å²) in [6.45, 7) is 7.69. The van der Waals surface area contributed by atoms with E-state index in [-0.39, 0.29) is 28.4 Å². The molecule has 1 aliphatic heterocycles. The molecule has 1 aromatic heterocycles. The zero-order valence-electron chi connectivity index (χ0n) is 31.6. The Balaban J connectivity index is 2.08. The quantitative estimate of drug-likeness (QED) is 0.145. The smallest absolute Gasteiger partial charge is 0.308 e. The van der Waals surface area contributed by atoms with Gasteiger partial charge in [-0.2, -0.15) is 0 Å². The van der Waals surface area contributed by atoms with E-state index in [9.17, 15) is 43.2 Å². The van der Waals surface area contributed by atoms with Gasteiger partial charge in [0.05, 0.1) is 0 Å². The summed E-state index contributed by atoms with van der Waals surface area (Å²) in [7, 11) is 0. The second kappa shape index (κ2) is 18.2. The van der Waals surface area contributed by atoms with E-state index in [0.29, 0.717) is 0 Å². The van der Waals surface area contributed by atoms with Crippen LogP contribution >= 0.6 is 0 Å². The Kier molecular flexibility index (Phi) is 13.7. The van der Waals surface area contributed by atoms with Gasteiger partial charge >= 0.3 is 47.8 Å². The van der Waals surface area contributed by atoms with Crippen molar-refractivity contribution in [3.63, 3.8) is 0 Å². The van der Waals surface area contributed by atoms with Crippen LogP contribution in [0.25, 0.3) is 22.3 Å². The fourth-order valence-electron chi connectivity index (χ4n) is 5.52. The number of ether oxygens (including phenoxy) is 10. The molecule has 0 aliphatic carbocycles. The Morgan fingerprint density at radius 2 is 1.12 bits per heavy atom. The molecule has 57 heavy (non-hydrogen) atoms. The van der Waals surface area contributed by atoms with Gasteiger partial charge in [-0.15, -0.1) is 0 Å². The number of carbonyl (C=O) groups is 8. The van der Waals surface area contributed by atoms with Gasteiger partial charge < -0.3 is 51.8 Å². The molecule has 2 aromatic carbocycles. The average Bonchev–Trinajstić information content (AvgIpc) is 3.06. The first-order valence-electron chi connectivity index (χ1n) is 16.7. The molecule has 20 nitrogen and oxygen atoms in total. The highest BCUT2D eigenvalue weighted by Gasteiger charge is 2.54. The summed E-state index contributed by atoms with van der Waals surface area (Å²) in [4.78, 5) is 112. The molecule has 1 fully saturated rings. The summed E-state index contributed by atoms with van der Waals surface area (Å²) >= 11 is 0. The zero-order chi connectivity index (χ0) is 42.3. The van der Waals surface area contributed by atoms with Crippen molar-refractivity contribution >= 4 is 58.7 Å². The minimum absolute atomic E-state index is 0.103. The van der Waals surface area contributed by atoms with Crippen LogP contribution in [0.5, 0.6) is 28.7 Å². The number of rotatable bonds is 12. The number of benzene rings is 2. The molecular formula is C37H36O20. The maximum Gasteiger partial charge on any atom is 0.308 e. The lowest BCUT2D eigenvalue weighted by atomic mass is 9.98. The van der Waals surface area contributed by atoms with E-state index in [1.807, 2.05) is 0 Å². The SMILES string of the molecule is CC(=O)OC[C@H]1O[C@@H](Oc2c(-c3ccc(OC(C)=O)c(OC(C)=O)c3)oc3cc(OC(C)=O)cc(OC(C)=O)c3c2=O)[C@H](OC(C)=O)[C@@H](OC(C)=O)[C@@H]1OC(C)=O. The predicted molar refractivity (Wildman–Crippen MR) is 186 cm³/mol. The van der Waals surface area contributed by atoms with Crippen LogP contribution in [0.15, 0.2) is 39.5 Å². The normalized spacial score (nSPS) is 18.6. The van der Waals surface area contributed by atoms with E-state index in [2.05, 4.69) is 0 Å². The standard InChI is InChI=1S/C37H36O20/c1-15(38)47-14-29-33(52-20(6)43)35(53-21(7)44)36(54-22(8)45)37(56-29)57-34-31(46)30-27(51-19(5)42)12-24(48-16(2)39)13-28(30)55-32(34)23-9-10-25(49-17(3)40)26(11-23)50-18(4)41/h9-13,29,33,35-37H,14H2,1-8H3/t29-,33-,35+,36-,37+/m1/s1. The highest BCUT2D eigenvalue weighted by molar-refractivity contribution is 5.91. The van der Waals surface area contributed by atoms with Gasteiger partial charge in [0.25, 0.3) is 0 Å². The molecule has 0 saturated carbocycles. The number of hydrogen-bond donors (Lipinski definition) is 0. The third-order valence-corrected chi connectivity index (χ3v) is 7.30. The molecule has 3 aromatic rings. The lowest BCUT2D eigenvalue weighted by molar-refractivity contribution is -0.288. The molecule has 0 spiro atoms. The molecule has 304 valence electrons. The molecule has 0 radical (unpaired) electrons. The first-order chi connectivity index (χ1) is 26.7. The first kappa shape index (κ1) is 42.9. The molecule has 5 atom stereocenters. The monoisotopic (exact) mass is 800 g/mol. The first-order valence-corrected chi connectivity index (χ1v) is 16.7. The van der Waals surface area contributed by atoms with Gasteiger partial charge in [-0.3, -0.25) is 43.2 Å². The fraction of sp³-hybridized carbons (Fsp3) is 0.378. The second-order valence-corrected chi connectivity index (χ2v) is 12.1. The van der Waals surface area contributed by atoms with Crippen LogP contribution in [-0.4, -0.2) is 85.1 Å². The van der Waals surface area contributed by atoms with Gasteiger partial charge in [0.15, 0.2) is 29.5 Å². The molecule has 4 rings (SSSR count). The predicted octanol–water partition coefficient (Wildman–Crippen LogP) is 2.62. The Hall–Kier alpha value is -6.83. The minimum atomic E-state index is -1.98. The Morgan fingerprint density at radius 1 is 0.579 bits per heavy atom. The number of esters is 8. The summed E-state index contributed by atoms with van der Waals surface area (Å²) in [5.74, 6) is -9.46. The molecule has 0 unspecified atom stereocenters. The summed E-state index contributed by atoms with van der Waals surface area (Å²) in [5.41, 5.74) is -1.55. The van der Waals surface area contributed by atoms with Crippen molar-refractivity contribution < 1.29 is 90.1 Å². The van der Waals surface area contributed by atoms with Crippen molar-refractivity contribution in [3.05, 3.63) is 40.6 Å². The van der Waals surface area contributed by atoms with Gasteiger partial charge in [-0.25, -0.2) is 0 Å². The second-order valence-electron chi connectivity index (χ2n) is 12.1. The summed E-state index contributed by atoms with van der Waals surface area (Å²) in [6.07, 6.45) is -8.61. The number of hydrogen-bond acceptors (Lipinski definition) is 20. The molecular weight excluding hydrogens is 764 g/mol. The number of carbonyl (C=O) groups excluding carboxylic acids is 8. The zero-order valence-corrected chi connectivity index (χ0v) is 31.6. The maximum absolute atomic E-state index is 14.7. The molecule has 20 heteroatoms. The Morgan fingerprint density at radius 3 is 1.68 bits per heavy atom. The van der Waals surface area contributed by atoms with Gasteiger partial charge in [0.2, 0.25) is 23.6 Å². The average molecular weight is 801 g/mol. The van der Waals surface area contributed by atoms with Crippen molar-refractivity contribution in [1.29, 1.82) is 0 Å². The van der Waals surface area contributed by atoms with E-state index in [0.717, 1.165) is 73.6 Å². The van der Waals surface area contributed by atoms with Crippen LogP contribution in [0.1, 0.15) is 55.4 Å². The summed E-state index contributed by atoms with van der Waals surface area (Å²) in [5, 5.41) is -0.456. The van der Waals surface area contributed by atoms with E-state index < -0.39 is 113 Å². The van der Waals surface area contributed by atoms with E-state index in [1.165, 1.54) is 12.1 Å². The molecule has 1 aliphatic rings. The van der Waals surface area contributed by atoms with Gasteiger partial charge in [0.1, 0.15) is 35.2 Å². The summed E-state index contributed by atoms with van der Waals surface area (Å²) in [6, 6.07) is 5.75. The topological polar surface area (TPSA) is 259 Å². The fourth-order valence-corrected chi connectivity index (χ4v) is 5.52. The van der Waals surface area contributed by atoms with Gasteiger partial charge in [-0.1, -0.05) is 0 Å². The van der Waals surface area contributed by atoms with Crippen LogP contribution in [-0.2, 0) is 62.0 Å². The lowest BCUT2D eigenvalue weighted by Crippen LogP contribution is -2.63. The van der Waals surface area contributed by atoms with Crippen LogP contribution < -0.4 is 29.1 Å². The molecule has 0 amide bonds. The van der Waals surface area contributed by atoms with Crippen molar-refractivity contribution in [2.24, 2.45) is 0 Å². The maximum atomic E-state index is 14.7. The Bertz CT molecular complexity index is 2180. The highest BCUT2D eigenvalue weighted by atomic mass is 16.7.